The fraction of sp³-hybridized carbons (Fsp3) is 1.00. The summed E-state index contributed by atoms with van der Waals surface area (Å²) in [6.07, 6.45) is 23.5. The fourth-order valence-electron chi connectivity index (χ4n) is 6.50. The van der Waals surface area contributed by atoms with Crippen molar-refractivity contribution in [2.24, 2.45) is 0 Å². The molecule has 0 aromatic rings. The quantitative estimate of drug-likeness (QED) is 0.253. The first-order valence-corrected chi connectivity index (χ1v) is 22.9. The van der Waals surface area contributed by atoms with Crippen LogP contribution in [0.5, 0.6) is 0 Å². The molecule has 0 unspecified atom stereocenters. The van der Waals surface area contributed by atoms with Gasteiger partial charge in [-0.3, -0.25) is 0 Å². The molecule has 0 amide bonds. The van der Waals surface area contributed by atoms with Gasteiger partial charge in [-0.15, -0.1) is 0 Å². The van der Waals surface area contributed by atoms with Gasteiger partial charge in [-0.2, -0.15) is 0 Å². The van der Waals surface area contributed by atoms with Crippen molar-refractivity contribution in [3.05, 3.63) is 0 Å². The summed E-state index contributed by atoms with van der Waals surface area (Å²) in [4.78, 5) is 47.9. The van der Waals surface area contributed by atoms with E-state index in [2.05, 4.69) is 0 Å². The third-order valence-corrected chi connectivity index (χ3v) is 23.5. The number of hydrogen-bond acceptors (Lipinski definition) is 6. The van der Waals surface area contributed by atoms with E-state index in [9.17, 15) is 19.6 Å². The Balaban J connectivity index is 0.000000648. The van der Waals surface area contributed by atoms with Crippen molar-refractivity contribution in [1.82, 2.24) is 0 Å². The third-order valence-electron chi connectivity index (χ3n) is 8.09. The Morgan fingerprint density at radius 2 is 0.541 bits per heavy atom. The van der Waals surface area contributed by atoms with E-state index in [1.54, 1.807) is 0 Å². The van der Waals surface area contributed by atoms with Gasteiger partial charge in [-0.05, 0) is 72.4 Å². The molecule has 0 aliphatic heterocycles. The van der Waals surface area contributed by atoms with Crippen LogP contribution < -0.4 is 19.6 Å². The molecule has 4 rings (SSSR count). The van der Waals surface area contributed by atoms with Gasteiger partial charge in [-0.25, -0.2) is 20.1 Å². The number of rotatable bonds is 4. The van der Waals surface area contributed by atoms with Crippen molar-refractivity contribution in [3.63, 3.8) is 0 Å². The van der Waals surface area contributed by atoms with E-state index in [1.807, 2.05) is 0 Å². The first-order valence-electron chi connectivity index (χ1n) is 13.7. The molecule has 0 aromatic heterocycles. The van der Waals surface area contributed by atoms with Crippen LogP contribution in [0.25, 0.3) is 0 Å². The van der Waals surface area contributed by atoms with Crippen LogP contribution in [0.4, 0.5) is 0 Å². The molecule has 4 nitrogen and oxygen atoms in total. The van der Waals surface area contributed by atoms with Crippen LogP contribution in [0.2, 0.25) is 0 Å². The molecule has 0 radical (unpaired) electrons. The Kier molecular flexibility index (Phi) is 26.0. The normalized spacial score (nSPS) is 23.4. The molecule has 13 heteroatoms. The SMILES string of the molecule is [Ca+2].[Ca+2].[Ca+2].[O-]P([O-])([S-])=S(C1CCCCC1)C1CCCCC1.[O-]P([O-])([S-])=S(C1CCCCC1)C1CCCCC1. The van der Waals surface area contributed by atoms with Gasteiger partial charge < -0.3 is 55.5 Å². The molecule has 4 fully saturated rings. The summed E-state index contributed by atoms with van der Waals surface area (Å²) in [7, 11) is -1.000. The summed E-state index contributed by atoms with van der Waals surface area (Å²) >= 11 is 9.76. The standard InChI is InChI=1S/2C12H22O2PS2.3Ca/c2*13-15(14,16)17(11-7-3-1-4-8-11)12-9-5-2-6-10-12;;;/h2*11-12H,1-10H2;;;/q2*-3;3*+2. The molecule has 0 bridgehead atoms. The van der Waals surface area contributed by atoms with Gasteiger partial charge in [0.2, 0.25) is 0 Å². The van der Waals surface area contributed by atoms with E-state index in [-0.39, 0.29) is 113 Å². The summed E-state index contributed by atoms with van der Waals surface area (Å²) in [6, 6.07) is 0. The van der Waals surface area contributed by atoms with Crippen molar-refractivity contribution in [3.8, 4) is 0 Å². The summed E-state index contributed by atoms with van der Waals surface area (Å²) in [5.41, 5.74) is -7.10. The minimum atomic E-state index is -3.55. The summed E-state index contributed by atoms with van der Waals surface area (Å²) in [6.45, 7) is 0. The molecule has 0 atom stereocenters. The predicted molar refractivity (Wildman–Crippen MR) is 168 cm³/mol. The van der Waals surface area contributed by atoms with Gasteiger partial charge in [0.25, 0.3) is 0 Å². The predicted octanol–water partition coefficient (Wildman–Crippen LogP) is 3.29. The largest absolute Gasteiger partial charge is 2.00 e. The van der Waals surface area contributed by atoms with E-state index in [0.29, 0.717) is 21.0 Å². The third kappa shape index (κ3) is 15.3. The van der Waals surface area contributed by atoms with Crippen LogP contribution in [0, 0.1) is 0 Å². The van der Waals surface area contributed by atoms with Crippen LogP contribution in [-0.4, -0.2) is 134 Å². The average Bonchev–Trinajstić information content (AvgIpc) is 2.81. The molecule has 0 spiro atoms. The van der Waals surface area contributed by atoms with Gasteiger partial charge in [0.1, 0.15) is 0 Å². The van der Waals surface area contributed by atoms with Crippen molar-refractivity contribution in [2.75, 3.05) is 0 Å². The maximum Gasteiger partial charge on any atom is 2.00 e. The van der Waals surface area contributed by atoms with E-state index >= 15 is 0 Å². The molecule has 4 aliphatic carbocycles. The molecular formula is C24H44Ca3O4P2S4. The smallest absolute Gasteiger partial charge is 0.854 e. The van der Waals surface area contributed by atoms with Crippen LogP contribution in [0.1, 0.15) is 128 Å². The molecular weight excluding hydrogens is 663 g/mol. The summed E-state index contributed by atoms with van der Waals surface area (Å²) < 4.78 is 0. The van der Waals surface area contributed by atoms with Crippen molar-refractivity contribution in [2.45, 2.75) is 149 Å². The van der Waals surface area contributed by atoms with Crippen molar-refractivity contribution < 1.29 is 19.6 Å². The molecule has 0 N–H and O–H groups in total. The van der Waals surface area contributed by atoms with E-state index in [0.717, 1.165) is 51.4 Å². The van der Waals surface area contributed by atoms with Crippen LogP contribution in [0.3, 0.4) is 0 Å². The molecule has 0 heterocycles. The molecule has 0 saturated heterocycles. The second-order valence-corrected chi connectivity index (χ2v) is 26.2. The van der Waals surface area contributed by atoms with Crippen molar-refractivity contribution >= 4 is 169 Å². The van der Waals surface area contributed by atoms with Gasteiger partial charge in [-0.1, -0.05) is 77.0 Å². The van der Waals surface area contributed by atoms with Gasteiger partial charge >= 0.3 is 113 Å². The monoisotopic (exact) mass is 706 g/mol. The topological polar surface area (TPSA) is 92.2 Å². The van der Waals surface area contributed by atoms with Crippen LogP contribution in [0.15, 0.2) is 0 Å². The maximum atomic E-state index is 12.0. The fourth-order valence-corrected chi connectivity index (χ4v) is 23.6. The molecule has 204 valence electrons. The molecule has 4 saturated carbocycles. The Bertz CT molecular complexity index is 624. The molecule has 37 heavy (non-hydrogen) atoms. The van der Waals surface area contributed by atoms with Crippen molar-refractivity contribution in [1.29, 1.82) is 0 Å². The Labute approximate surface area is 332 Å². The minimum absolute atomic E-state index is 0. The van der Waals surface area contributed by atoms with E-state index in [4.69, 9.17) is 24.5 Å². The van der Waals surface area contributed by atoms with Crippen LogP contribution >= 0.6 is 11.4 Å². The molecule has 4 aliphatic rings. The van der Waals surface area contributed by atoms with E-state index in [1.165, 1.54) is 77.0 Å². The Morgan fingerprint density at radius 1 is 0.378 bits per heavy atom. The second-order valence-electron chi connectivity index (χ2n) is 10.6. The summed E-state index contributed by atoms with van der Waals surface area (Å²) in [5.74, 6) is 0. The van der Waals surface area contributed by atoms with Gasteiger partial charge in [0.05, 0.1) is 0 Å². The minimum Gasteiger partial charge on any atom is -0.854 e. The number of hydrogen-bond donors (Lipinski definition) is 0. The zero-order chi connectivity index (χ0) is 24.6. The second kappa shape index (κ2) is 22.4. The zero-order valence-electron chi connectivity index (χ0n) is 22.7. The van der Waals surface area contributed by atoms with Gasteiger partial charge in [0.15, 0.2) is 0 Å². The zero-order valence-corrected chi connectivity index (χ0v) is 34.4. The average molecular weight is 707 g/mol. The van der Waals surface area contributed by atoms with Crippen LogP contribution in [-0.2, 0) is 44.6 Å². The van der Waals surface area contributed by atoms with E-state index < -0.39 is 31.5 Å². The van der Waals surface area contributed by atoms with Gasteiger partial charge in [0, 0.05) is 0 Å². The summed E-state index contributed by atoms with van der Waals surface area (Å²) in [5, 5.41) is 1.58. The maximum absolute atomic E-state index is 12.0. The Hall–Kier alpha value is 5.88. The Morgan fingerprint density at radius 3 is 0.676 bits per heavy atom. The first kappa shape index (κ1) is 42.9. The molecule has 0 aromatic carbocycles. The first-order chi connectivity index (χ1) is 16.2.